The zero-order chi connectivity index (χ0) is 11.4. The highest BCUT2D eigenvalue weighted by Gasteiger charge is 2.23. The van der Waals surface area contributed by atoms with Gasteiger partial charge < -0.3 is 9.26 Å². The summed E-state index contributed by atoms with van der Waals surface area (Å²) in [6, 6.07) is 0. The second-order valence-corrected chi connectivity index (χ2v) is 4.69. The van der Waals surface area contributed by atoms with Crippen LogP contribution in [-0.4, -0.2) is 23.4 Å². The van der Waals surface area contributed by atoms with Crippen molar-refractivity contribution in [2.24, 2.45) is 0 Å². The van der Waals surface area contributed by atoms with E-state index < -0.39 is 0 Å². The van der Waals surface area contributed by atoms with Crippen molar-refractivity contribution in [2.75, 3.05) is 13.2 Å². The average Bonchev–Trinajstić information content (AvgIpc) is 2.80. The summed E-state index contributed by atoms with van der Waals surface area (Å²) in [4.78, 5) is 4.36. The van der Waals surface area contributed by atoms with Gasteiger partial charge in [-0.15, -0.1) is 11.6 Å². The number of hydrogen-bond acceptors (Lipinski definition) is 4. The fourth-order valence-electron chi connectivity index (χ4n) is 1.86. The van der Waals surface area contributed by atoms with Crippen LogP contribution in [0.3, 0.4) is 0 Å². The van der Waals surface area contributed by atoms with E-state index in [0.29, 0.717) is 18.3 Å². The Morgan fingerprint density at radius 3 is 3.12 bits per heavy atom. The highest BCUT2D eigenvalue weighted by Crippen LogP contribution is 2.27. The lowest BCUT2D eigenvalue weighted by molar-refractivity contribution is 0.0705. The van der Waals surface area contributed by atoms with Crippen LogP contribution in [0.2, 0.25) is 0 Å². The summed E-state index contributed by atoms with van der Waals surface area (Å²) in [6.07, 6.45) is 4.01. The standard InChI is InChI=1S/C11H17ClN2O2/c1-2-4-9(12)10-13-11(16-14-10)8-5-3-6-15-7-8/h8-9H,2-7H2,1H3. The second kappa shape index (κ2) is 5.64. The summed E-state index contributed by atoms with van der Waals surface area (Å²) in [5, 5.41) is 3.80. The van der Waals surface area contributed by atoms with Crippen molar-refractivity contribution in [3.8, 4) is 0 Å². The molecule has 90 valence electrons. The first-order chi connectivity index (χ1) is 7.81. The van der Waals surface area contributed by atoms with Crippen LogP contribution < -0.4 is 0 Å². The van der Waals surface area contributed by atoms with Crippen molar-refractivity contribution in [3.63, 3.8) is 0 Å². The molecular formula is C11H17ClN2O2. The summed E-state index contributed by atoms with van der Waals surface area (Å²) < 4.78 is 10.6. The molecule has 0 amide bonds. The van der Waals surface area contributed by atoms with Gasteiger partial charge in [0.25, 0.3) is 0 Å². The Morgan fingerprint density at radius 2 is 2.44 bits per heavy atom. The summed E-state index contributed by atoms with van der Waals surface area (Å²) in [5.74, 6) is 1.54. The number of alkyl halides is 1. The van der Waals surface area contributed by atoms with Crippen LogP contribution in [0.25, 0.3) is 0 Å². The smallest absolute Gasteiger partial charge is 0.232 e. The maximum atomic E-state index is 6.14. The van der Waals surface area contributed by atoms with Gasteiger partial charge in [-0.2, -0.15) is 4.98 Å². The molecule has 2 rings (SSSR count). The van der Waals surface area contributed by atoms with Gasteiger partial charge in [-0.05, 0) is 19.3 Å². The maximum Gasteiger partial charge on any atom is 0.232 e. The predicted molar refractivity (Wildman–Crippen MR) is 60.6 cm³/mol. The second-order valence-electron chi connectivity index (χ2n) is 4.16. The van der Waals surface area contributed by atoms with E-state index in [9.17, 15) is 0 Å². The van der Waals surface area contributed by atoms with E-state index >= 15 is 0 Å². The van der Waals surface area contributed by atoms with Gasteiger partial charge in [0.2, 0.25) is 5.89 Å². The van der Waals surface area contributed by atoms with Gasteiger partial charge in [0.1, 0.15) is 0 Å². The molecule has 1 fully saturated rings. The Morgan fingerprint density at radius 1 is 1.56 bits per heavy atom. The zero-order valence-corrected chi connectivity index (χ0v) is 10.2. The summed E-state index contributed by atoms with van der Waals surface area (Å²) >= 11 is 6.14. The van der Waals surface area contributed by atoms with Gasteiger partial charge in [-0.1, -0.05) is 18.5 Å². The molecule has 0 spiro atoms. The van der Waals surface area contributed by atoms with Crippen molar-refractivity contribution in [3.05, 3.63) is 11.7 Å². The highest BCUT2D eigenvalue weighted by molar-refractivity contribution is 6.20. The molecule has 0 saturated carbocycles. The third-order valence-electron chi connectivity index (χ3n) is 2.79. The molecule has 0 aliphatic carbocycles. The van der Waals surface area contributed by atoms with Crippen molar-refractivity contribution in [1.29, 1.82) is 0 Å². The molecule has 0 radical (unpaired) electrons. The molecule has 1 aliphatic rings. The van der Waals surface area contributed by atoms with E-state index in [4.69, 9.17) is 20.9 Å². The Labute approximate surface area is 100 Å². The molecule has 2 atom stereocenters. The van der Waals surface area contributed by atoms with Crippen LogP contribution in [-0.2, 0) is 4.74 Å². The van der Waals surface area contributed by atoms with Gasteiger partial charge in [0.15, 0.2) is 5.82 Å². The topological polar surface area (TPSA) is 48.2 Å². The van der Waals surface area contributed by atoms with Gasteiger partial charge in [0.05, 0.1) is 17.9 Å². The van der Waals surface area contributed by atoms with E-state index in [1.54, 1.807) is 0 Å². The molecule has 1 aromatic rings. The molecule has 1 aromatic heterocycles. The minimum absolute atomic E-state index is 0.132. The van der Waals surface area contributed by atoms with Gasteiger partial charge in [-0.25, -0.2) is 0 Å². The molecule has 16 heavy (non-hydrogen) atoms. The summed E-state index contributed by atoms with van der Waals surface area (Å²) in [5.41, 5.74) is 0. The van der Waals surface area contributed by atoms with Gasteiger partial charge in [-0.3, -0.25) is 0 Å². The third kappa shape index (κ3) is 2.74. The van der Waals surface area contributed by atoms with Crippen LogP contribution in [0, 0.1) is 0 Å². The molecule has 1 aliphatic heterocycles. The Bertz CT molecular complexity index is 324. The fourth-order valence-corrected chi connectivity index (χ4v) is 2.17. The maximum absolute atomic E-state index is 6.14. The molecule has 2 unspecified atom stereocenters. The molecule has 5 heteroatoms. The van der Waals surface area contributed by atoms with E-state index in [1.807, 2.05) is 0 Å². The number of nitrogens with zero attached hydrogens (tertiary/aromatic N) is 2. The largest absolute Gasteiger partial charge is 0.381 e. The molecule has 0 bridgehead atoms. The number of rotatable bonds is 4. The molecule has 1 saturated heterocycles. The minimum Gasteiger partial charge on any atom is -0.381 e. The molecule has 0 N–H and O–H groups in total. The van der Waals surface area contributed by atoms with Crippen molar-refractivity contribution >= 4 is 11.6 Å². The van der Waals surface area contributed by atoms with Crippen LogP contribution in [0.5, 0.6) is 0 Å². The van der Waals surface area contributed by atoms with Crippen LogP contribution in [0.4, 0.5) is 0 Å². The van der Waals surface area contributed by atoms with Crippen molar-refractivity contribution < 1.29 is 9.26 Å². The van der Waals surface area contributed by atoms with Crippen LogP contribution in [0.1, 0.15) is 55.6 Å². The third-order valence-corrected chi connectivity index (χ3v) is 3.20. The molecule has 2 heterocycles. The number of halogens is 1. The number of aromatic nitrogens is 2. The minimum atomic E-state index is -0.132. The molecular weight excluding hydrogens is 228 g/mol. The lowest BCUT2D eigenvalue weighted by Gasteiger charge is -2.18. The fraction of sp³-hybridized carbons (Fsp3) is 0.818. The summed E-state index contributed by atoms with van der Waals surface area (Å²) in [7, 11) is 0. The number of hydrogen-bond donors (Lipinski definition) is 0. The normalized spacial score (nSPS) is 23.2. The Balaban J connectivity index is 2.00. The lowest BCUT2D eigenvalue weighted by atomic mass is 10.0. The molecule has 4 nitrogen and oxygen atoms in total. The zero-order valence-electron chi connectivity index (χ0n) is 9.49. The first kappa shape index (κ1) is 11.9. The highest BCUT2D eigenvalue weighted by atomic mass is 35.5. The first-order valence-electron chi connectivity index (χ1n) is 5.86. The van der Waals surface area contributed by atoms with E-state index in [1.165, 1.54) is 0 Å². The van der Waals surface area contributed by atoms with E-state index in [0.717, 1.165) is 32.3 Å². The average molecular weight is 245 g/mol. The Hall–Kier alpha value is -0.610. The van der Waals surface area contributed by atoms with Crippen molar-refractivity contribution in [2.45, 2.75) is 43.9 Å². The first-order valence-corrected chi connectivity index (χ1v) is 6.30. The van der Waals surface area contributed by atoms with E-state index in [-0.39, 0.29) is 11.3 Å². The monoisotopic (exact) mass is 244 g/mol. The molecule has 0 aromatic carbocycles. The quantitative estimate of drug-likeness (QED) is 0.764. The summed E-state index contributed by atoms with van der Waals surface area (Å²) in [6.45, 7) is 3.61. The van der Waals surface area contributed by atoms with Crippen molar-refractivity contribution in [1.82, 2.24) is 10.1 Å². The van der Waals surface area contributed by atoms with Crippen LogP contribution >= 0.6 is 11.6 Å². The SMILES string of the molecule is CCCC(Cl)c1noc(C2CCCOC2)n1. The number of ether oxygens (including phenoxy) is 1. The van der Waals surface area contributed by atoms with Gasteiger partial charge >= 0.3 is 0 Å². The van der Waals surface area contributed by atoms with E-state index in [2.05, 4.69) is 17.1 Å². The predicted octanol–water partition coefficient (Wildman–Crippen LogP) is 3.04. The lowest BCUT2D eigenvalue weighted by Crippen LogP contribution is -2.15. The van der Waals surface area contributed by atoms with Gasteiger partial charge in [0, 0.05) is 6.61 Å². The Kier molecular flexibility index (Phi) is 4.18. The van der Waals surface area contributed by atoms with Crippen LogP contribution in [0.15, 0.2) is 4.52 Å².